The smallest absolute Gasteiger partial charge is 0.144 e. The van der Waals surface area contributed by atoms with Crippen LogP contribution in [0, 0.1) is 5.92 Å². The van der Waals surface area contributed by atoms with Gasteiger partial charge in [-0.3, -0.25) is 4.98 Å². The van der Waals surface area contributed by atoms with Crippen molar-refractivity contribution in [3.8, 4) is 0 Å². The molecule has 0 aliphatic carbocycles. The number of piperidine rings is 1. The third-order valence-corrected chi connectivity index (χ3v) is 2.88. The van der Waals surface area contributed by atoms with Crippen molar-refractivity contribution in [2.75, 3.05) is 25.0 Å². The number of anilines is 1. The standard InChI is InChI=1S/C11H18N4/c1-4-12-5-2-10(1)3-6-14-11-9-13-7-8-15-11/h7-10,12H,1-6H2,(H,14,15). The van der Waals surface area contributed by atoms with E-state index in [1.54, 1.807) is 18.6 Å². The Balaban J connectivity index is 1.66. The van der Waals surface area contributed by atoms with Gasteiger partial charge in [-0.1, -0.05) is 0 Å². The summed E-state index contributed by atoms with van der Waals surface area (Å²) in [4.78, 5) is 8.19. The Hall–Kier alpha value is -1.16. The lowest BCUT2D eigenvalue weighted by Gasteiger charge is -2.22. The van der Waals surface area contributed by atoms with E-state index in [1.165, 1.54) is 32.4 Å². The van der Waals surface area contributed by atoms with Crippen molar-refractivity contribution in [2.24, 2.45) is 5.92 Å². The van der Waals surface area contributed by atoms with Crippen molar-refractivity contribution < 1.29 is 0 Å². The molecule has 4 nitrogen and oxygen atoms in total. The molecule has 1 aromatic rings. The van der Waals surface area contributed by atoms with Gasteiger partial charge in [-0.05, 0) is 38.3 Å². The maximum Gasteiger partial charge on any atom is 0.144 e. The van der Waals surface area contributed by atoms with Gasteiger partial charge in [0.05, 0.1) is 6.20 Å². The lowest BCUT2D eigenvalue weighted by atomic mass is 9.95. The van der Waals surface area contributed by atoms with Gasteiger partial charge in [0.15, 0.2) is 0 Å². The topological polar surface area (TPSA) is 49.8 Å². The summed E-state index contributed by atoms with van der Waals surface area (Å²) in [5.41, 5.74) is 0. The first kappa shape index (κ1) is 10.4. The second kappa shape index (κ2) is 5.66. The number of nitrogens with one attached hydrogen (secondary N) is 2. The molecule has 82 valence electrons. The van der Waals surface area contributed by atoms with Crippen molar-refractivity contribution in [1.82, 2.24) is 15.3 Å². The van der Waals surface area contributed by atoms with Crippen LogP contribution in [0.25, 0.3) is 0 Å². The summed E-state index contributed by atoms with van der Waals surface area (Å²) in [5.74, 6) is 1.75. The summed E-state index contributed by atoms with van der Waals surface area (Å²) < 4.78 is 0. The van der Waals surface area contributed by atoms with Crippen LogP contribution in [0.4, 0.5) is 5.82 Å². The van der Waals surface area contributed by atoms with Crippen LogP contribution >= 0.6 is 0 Å². The molecule has 0 saturated carbocycles. The Labute approximate surface area is 90.5 Å². The molecule has 0 spiro atoms. The van der Waals surface area contributed by atoms with Gasteiger partial charge in [-0.15, -0.1) is 0 Å². The number of hydrogen-bond acceptors (Lipinski definition) is 4. The van der Waals surface area contributed by atoms with E-state index in [-0.39, 0.29) is 0 Å². The molecular formula is C11H18N4. The molecule has 2 N–H and O–H groups in total. The van der Waals surface area contributed by atoms with Crippen molar-refractivity contribution in [3.05, 3.63) is 18.6 Å². The highest BCUT2D eigenvalue weighted by Crippen LogP contribution is 2.15. The molecule has 0 bridgehead atoms. The monoisotopic (exact) mass is 206 g/mol. The van der Waals surface area contributed by atoms with Crippen LogP contribution in [0.1, 0.15) is 19.3 Å². The van der Waals surface area contributed by atoms with E-state index >= 15 is 0 Å². The SMILES string of the molecule is c1cnc(NCCC2CCNCC2)cn1. The summed E-state index contributed by atoms with van der Waals surface area (Å²) in [6.45, 7) is 3.36. The fourth-order valence-corrected chi connectivity index (χ4v) is 1.97. The Bertz CT molecular complexity index is 269. The lowest BCUT2D eigenvalue weighted by Crippen LogP contribution is -2.28. The van der Waals surface area contributed by atoms with Crippen LogP contribution in [-0.4, -0.2) is 29.6 Å². The molecule has 4 heteroatoms. The van der Waals surface area contributed by atoms with Crippen molar-refractivity contribution >= 4 is 5.82 Å². The molecular weight excluding hydrogens is 188 g/mol. The van der Waals surface area contributed by atoms with Crippen molar-refractivity contribution in [3.63, 3.8) is 0 Å². The van der Waals surface area contributed by atoms with E-state index < -0.39 is 0 Å². The van der Waals surface area contributed by atoms with Gasteiger partial charge in [-0.2, -0.15) is 0 Å². The zero-order chi connectivity index (χ0) is 10.3. The molecule has 2 rings (SSSR count). The molecule has 1 saturated heterocycles. The molecule has 0 aromatic carbocycles. The third-order valence-electron chi connectivity index (χ3n) is 2.88. The van der Waals surface area contributed by atoms with Crippen LogP contribution in [-0.2, 0) is 0 Å². The van der Waals surface area contributed by atoms with Gasteiger partial charge in [0.1, 0.15) is 5.82 Å². The van der Waals surface area contributed by atoms with Gasteiger partial charge in [0, 0.05) is 18.9 Å². The molecule has 0 radical (unpaired) electrons. The number of nitrogens with zero attached hydrogens (tertiary/aromatic N) is 2. The van der Waals surface area contributed by atoms with Crippen LogP contribution in [0.15, 0.2) is 18.6 Å². The number of aromatic nitrogens is 2. The quantitative estimate of drug-likeness (QED) is 0.779. The molecule has 0 unspecified atom stereocenters. The van der Waals surface area contributed by atoms with Gasteiger partial charge in [0.25, 0.3) is 0 Å². The number of rotatable bonds is 4. The predicted octanol–water partition coefficient (Wildman–Crippen LogP) is 1.28. The highest BCUT2D eigenvalue weighted by molar-refractivity contribution is 5.29. The lowest BCUT2D eigenvalue weighted by molar-refractivity contribution is 0.361. The molecule has 15 heavy (non-hydrogen) atoms. The highest BCUT2D eigenvalue weighted by Gasteiger charge is 2.11. The minimum Gasteiger partial charge on any atom is -0.369 e. The van der Waals surface area contributed by atoms with E-state index in [1.807, 2.05) is 0 Å². The van der Waals surface area contributed by atoms with Crippen LogP contribution in [0.3, 0.4) is 0 Å². The summed E-state index contributed by atoms with van der Waals surface area (Å²) >= 11 is 0. The first-order valence-electron chi connectivity index (χ1n) is 5.66. The molecule has 0 atom stereocenters. The van der Waals surface area contributed by atoms with Gasteiger partial charge in [-0.25, -0.2) is 4.98 Å². The number of hydrogen-bond donors (Lipinski definition) is 2. The van der Waals surface area contributed by atoms with Crippen LogP contribution < -0.4 is 10.6 Å². The third kappa shape index (κ3) is 3.47. The largest absolute Gasteiger partial charge is 0.369 e. The second-order valence-corrected chi connectivity index (χ2v) is 4.00. The normalized spacial score (nSPS) is 17.6. The van der Waals surface area contributed by atoms with Gasteiger partial charge in [0.2, 0.25) is 0 Å². The first-order chi connectivity index (χ1) is 7.45. The summed E-state index contributed by atoms with van der Waals surface area (Å²) in [6, 6.07) is 0. The Kier molecular flexibility index (Phi) is 3.91. The van der Waals surface area contributed by atoms with Gasteiger partial charge < -0.3 is 10.6 Å². The Morgan fingerprint density at radius 3 is 2.93 bits per heavy atom. The van der Waals surface area contributed by atoms with E-state index in [0.29, 0.717) is 0 Å². The zero-order valence-electron chi connectivity index (χ0n) is 8.95. The Morgan fingerprint density at radius 2 is 2.20 bits per heavy atom. The summed E-state index contributed by atoms with van der Waals surface area (Å²) in [7, 11) is 0. The molecule has 1 aromatic heterocycles. The fourth-order valence-electron chi connectivity index (χ4n) is 1.97. The molecule has 2 heterocycles. The first-order valence-corrected chi connectivity index (χ1v) is 5.66. The molecule has 0 amide bonds. The molecule has 1 aliphatic heterocycles. The highest BCUT2D eigenvalue weighted by atomic mass is 15.0. The zero-order valence-corrected chi connectivity index (χ0v) is 8.95. The molecule has 1 aliphatic rings. The summed E-state index contributed by atoms with van der Waals surface area (Å²) in [6.07, 6.45) is 9.02. The minimum atomic E-state index is 0.871. The van der Waals surface area contributed by atoms with E-state index in [2.05, 4.69) is 20.6 Å². The fraction of sp³-hybridized carbons (Fsp3) is 0.636. The van der Waals surface area contributed by atoms with Crippen molar-refractivity contribution in [2.45, 2.75) is 19.3 Å². The maximum atomic E-state index is 4.18. The van der Waals surface area contributed by atoms with Crippen LogP contribution in [0.5, 0.6) is 0 Å². The van der Waals surface area contributed by atoms with Crippen LogP contribution in [0.2, 0.25) is 0 Å². The van der Waals surface area contributed by atoms with Gasteiger partial charge >= 0.3 is 0 Å². The average Bonchev–Trinajstić information content (AvgIpc) is 2.32. The average molecular weight is 206 g/mol. The molecule has 1 fully saturated rings. The maximum absolute atomic E-state index is 4.18. The Morgan fingerprint density at radius 1 is 1.33 bits per heavy atom. The predicted molar refractivity (Wildman–Crippen MR) is 60.7 cm³/mol. The minimum absolute atomic E-state index is 0.871. The van der Waals surface area contributed by atoms with E-state index in [0.717, 1.165) is 18.3 Å². The second-order valence-electron chi connectivity index (χ2n) is 4.00. The van der Waals surface area contributed by atoms with E-state index in [4.69, 9.17) is 0 Å². The van der Waals surface area contributed by atoms with E-state index in [9.17, 15) is 0 Å². The summed E-state index contributed by atoms with van der Waals surface area (Å²) in [5, 5.41) is 6.68. The van der Waals surface area contributed by atoms with Crippen molar-refractivity contribution in [1.29, 1.82) is 0 Å².